The van der Waals surface area contributed by atoms with Crippen molar-refractivity contribution in [3.8, 4) is 0 Å². The van der Waals surface area contributed by atoms with E-state index < -0.39 is 6.67 Å². The standard InChI is InChI=1S/C11H11FO/c12-7-8-4-5-9-2-1-3-11(13)10(9)6-8/h4-6H,1-3,7H2. The molecule has 68 valence electrons. The van der Waals surface area contributed by atoms with E-state index in [1.807, 2.05) is 6.07 Å². The second kappa shape index (κ2) is 3.29. The van der Waals surface area contributed by atoms with Gasteiger partial charge in [-0.2, -0.15) is 0 Å². The summed E-state index contributed by atoms with van der Waals surface area (Å²) >= 11 is 0. The highest BCUT2D eigenvalue weighted by Crippen LogP contribution is 2.22. The van der Waals surface area contributed by atoms with Gasteiger partial charge in [0.1, 0.15) is 6.67 Å². The number of alkyl halides is 1. The second-order valence-corrected chi connectivity index (χ2v) is 3.40. The summed E-state index contributed by atoms with van der Waals surface area (Å²) in [6.45, 7) is -0.486. The van der Waals surface area contributed by atoms with Gasteiger partial charge in [-0.1, -0.05) is 12.1 Å². The Bertz CT molecular complexity index is 344. The number of fused-ring (bicyclic) bond motifs is 1. The normalized spacial score (nSPS) is 15.6. The van der Waals surface area contributed by atoms with Crippen LogP contribution >= 0.6 is 0 Å². The summed E-state index contributed by atoms with van der Waals surface area (Å²) in [5.74, 6) is 0.163. The first-order valence-corrected chi connectivity index (χ1v) is 4.52. The molecule has 1 aliphatic carbocycles. The highest BCUT2D eigenvalue weighted by atomic mass is 19.1. The minimum Gasteiger partial charge on any atom is -0.294 e. The minimum atomic E-state index is -0.486. The number of aryl methyl sites for hydroxylation is 1. The first-order valence-electron chi connectivity index (χ1n) is 4.52. The molecule has 1 aliphatic rings. The van der Waals surface area contributed by atoms with Crippen molar-refractivity contribution in [1.29, 1.82) is 0 Å². The lowest BCUT2D eigenvalue weighted by Gasteiger charge is -2.14. The Balaban J connectivity index is 2.47. The zero-order valence-corrected chi connectivity index (χ0v) is 7.35. The zero-order valence-electron chi connectivity index (χ0n) is 7.35. The molecule has 0 atom stereocenters. The number of hydrogen-bond donors (Lipinski definition) is 0. The van der Waals surface area contributed by atoms with Crippen molar-refractivity contribution < 1.29 is 9.18 Å². The van der Waals surface area contributed by atoms with Gasteiger partial charge in [0.05, 0.1) is 0 Å². The molecule has 1 nitrogen and oxygen atoms in total. The molecule has 0 unspecified atom stereocenters. The molecule has 0 N–H and O–H groups in total. The highest BCUT2D eigenvalue weighted by molar-refractivity contribution is 5.98. The molecule has 13 heavy (non-hydrogen) atoms. The molecule has 2 rings (SSSR count). The molecule has 0 aliphatic heterocycles. The third-order valence-electron chi connectivity index (χ3n) is 2.48. The molecular formula is C11H11FO. The van der Waals surface area contributed by atoms with Crippen molar-refractivity contribution in [2.45, 2.75) is 25.9 Å². The summed E-state index contributed by atoms with van der Waals surface area (Å²) in [7, 11) is 0. The van der Waals surface area contributed by atoms with Gasteiger partial charge in [-0.15, -0.1) is 0 Å². The fourth-order valence-corrected chi connectivity index (χ4v) is 1.76. The summed E-state index contributed by atoms with van der Waals surface area (Å²) in [6, 6.07) is 5.33. The van der Waals surface area contributed by atoms with Gasteiger partial charge in [-0.3, -0.25) is 4.79 Å². The Labute approximate surface area is 76.6 Å². The number of rotatable bonds is 1. The third-order valence-corrected chi connectivity index (χ3v) is 2.48. The van der Waals surface area contributed by atoms with Crippen molar-refractivity contribution in [1.82, 2.24) is 0 Å². The van der Waals surface area contributed by atoms with Gasteiger partial charge in [-0.25, -0.2) is 4.39 Å². The zero-order chi connectivity index (χ0) is 9.26. The van der Waals surface area contributed by atoms with Crippen molar-refractivity contribution in [3.63, 3.8) is 0 Å². The summed E-state index contributed by atoms with van der Waals surface area (Å²) in [6.07, 6.45) is 2.50. The molecule has 0 fully saturated rings. The lowest BCUT2D eigenvalue weighted by molar-refractivity contribution is 0.0972. The topological polar surface area (TPSA) is 17.1 Å². The monoisotopic (exact) mass is 178 g/mol. The van der Waals surface area contributed by atoms with E-state index in [0.717, 1.165) is 24.0 Å². The Kier molecular flexibility index (Phi) is 2.13. The van der Waals surface area contributed by atoms with E-state index in [1.165, 1.54) is 0 Å². The van der Waals surface area contributed by atoms with Crippen LogP contribution in [0.15, 0.2) is 18.2 Å². The SMILES string of the molecule is O=C1CCCc2ccc(CF)cc21. The number of hydrogen-bond acceptors (Lipinski definition) is 1. The number of carbonyl (C=O) groups is 1. The van der Waals surface area contributed by atoms with E-state index in [4.69, 9.17) is 0 Å². The van der Waals surface area contributed by atoms with Crippen LogP contribution in [0.1, 0.15) is 34.3 Å². The smallest absolute Gasteiger partial charge is 0.163 e. The van der Waals surface area contributed by atoms with Crippen LogP contribution in [-0.2, 0) is 13.1 Å². The van der Waals surface area contributed by atoms with Crippen LogP contribution in [0, 0.1) is 0 Å². The van der Waals surface area contributed by atoms with Crippen LogP contribution in [0.25, 0.3) is 0 Å². The van der Waals surface area contributed by atoms with Crippen molar-refractivity contribution in [2.24, 2.45) is 0 Å². The molecule has 0 saturated heterocycles. The fraction of sp³-hybridized carbons (Fsp3) is 0.364. The van der Waals surface area contributed by atoms with Gasteiger partial charge in [0.25, 0.3) is 0 Å². The molecule has 0 radical (unpaired) electrons. The first-order chi connectivity index (χ1) is 6.31. The number of carbonyl (C=O) groups excluding carboxylic acids is 1. The molecule has 1 aromatic carbocycles. The second-order valence-electron chi connectivity index (χ2n) is 3.40. The van der Waals surface area contributed by atoms with Crippen LogP contribution in [0.3, 0.4) is 0 Å². The molecular weight excluding hydrogens is 167 g/mol. The van der Waals surface area contributed by atoms with Gasteiger partial charge in [0, 0.05) is 12.0 Å². The number of halogens is 1. The lowest BCUT2D eigenvalue weighted by atomic mass is 9.89. The van der Waals surface area contributed by atoms with E-state index in [1.54, 1.807) is 12.1 Å². The summed E-state index contributed by atoms with van der Waals surface area (Å²) in [5, 5.41) is 0. The number of ketones is 1. The molecule has 0 spiro atoms. The van der Waals surface area contributed by atoms with Gasteiger partial charge in [0.15, 0.2) is 5.78 Å². The number of Topliss-reactive ketones (excluding diaryl/α,β-unsaturated/α-hetero) is 1. The summed E-state index contributed by atoms with van der Waals surface area (Å²) < 4.78 is 12.3. The fourth-order valence-electron chi connectivity index (χ4n) is 1.76. The Morgan fingerprint density at radius 1 is 1.31 bits per heavy atom. The van der Waals surface area contributed by atoms with Gasteiger partial charge in [0.2, 0.25) is 0 Å². The molecule has 0 bridgehead atoms. The van der Waals surface area contributed by atoms with Crippen LogP contribution in [0.2, 0.25) is 0 Å². The molecule has 2 heteroatoms. The summed E-state index contributed by atoms with van der Waals surface area (Å²) in [5.41, 5.74) is 2.42. The maximum atomic E-state index is 12.3. The van der Waals surface area contributed by atoms with Crippen molar-refractivity contribution in [3.05, 3.63) is 34.9 Å². The van der Waals surface area contributed by atoms with Crippen LogP contribution in [-0.4, -0.2) is 5.78 Å². The van der Waals surface area contributed by atoms with Gasteiger partial charge < -0.3 is 0 Å². The quantitative estimate of drug-likeness (QED) is 0.646. The van der Waals surface area contributed by atoms with Crippen LogP contribution in [0.4, 0.5) is 4.39 Å². The van der Waals surface area contributed by atoms with Crippen molar-refractivity contribution in [2.75, 3.05) is 0 Å². The van der Waals surface area contributed by atoms with E-state index in [2.05, 4.69) is 0 Å². The molecule has 1 aromatic rings. The maximum Gasteiger partial charge on any atom is 0.163 e. The molecule has 0 saturated carbocycles. The molecule has 0 aromatic heterocycles. The van der Waals surface area contributed by atoms with Crippen LogP contribution in [0.5, 0.6) is 0 Å². The third kappa shape index (κ3) is 1.48. The van der Waals surface area contributed by atoms with E-state index in [0.29, 0.717) is 12.0 Å². The molecule has 0 heterocycles. The van der Waals surface area contributed by atoms with E-state index >= 15 is 0 Å². The average molecular weight is 178 g/mol. The predicted molar refractivity (Wildman–Crippen MR) is 48.5 cm³/mol. The number of benzene rings is 1. The Morgan fingerprint density at radius 2 is 2.15 bits per heavy atom. The van der Waals surface area contributed by atoms with Crippen molar-refractivity contribution >= 4 is 5.78 Å². The predicted octanol–water partition coefficient (Wildman–Crippen LogP) is 2.68. The van der Waals surface area contributed by atoms with Gasteiger partial charge in [-0.05, 0) is 30.0 Å². The van der Waals surface area contributed by atoms with E-state index in [9.17, 15) is 9.18 Å². The summed E-state index contributed by atoms with van der Waals surface area (Å²) in [4.78, 5) is 11.4. The average Bonchev–Trinajstić information content (AvgIpc) is 2.18. The van der Waals surface area contributed by atoms with E-state index in [-0.39, 0.29) is 5.78 Å². The Morgan fingerprint density at radius 3 is 2.92 bits per heavy atom. The minimum absolute atomic E-state index is 0.163. The lowest BCUT2D eigenvalue weighted by Crippen LogP contribution is -2.10. The molecule has 0 amide bonds. The first kappa shape index (κ1) is 8.42. The van der Waals surface area contributed by atoms with Gasteiger partial charge >= 0.3 is 0 Å². The largest absolute Gasteiger partial charge is 0.294 e. The Hall–Kier alpha value is -1.18. The van der Waals surface area contributed by atoms with Crippen LogP contribution < -0.4 is 0 Å². The highest BCUT2D eigenvalue weighted by Gasteiger charge is 2.16. The maximum absolute atomic E-state index is 12.3.